The van der Waals surface area contributed by atoms with E-state index in [2.05, 4.69) is 45.9 Å². The Labute approximate surface area is 194 Å². The van der Waals surface area contributed by atoms with E-state index in [1.54, 1.807) is 0 Å². The molecule has 0 unspecified atom stereocenters. The van der Waals surface area contributed by atoms with Gasteiger partial charge >= 0.3 is 0 Å². The molecule has 0 aliphatic carbocycles. The predicted octanol–water partition coefficient (Wildman–Crippen LogP) is 10.4. The van der Waals surface area contributed by atoms with Crippen molar-refractivity contribution in [1.29, 1.82) is 0 Å². The second-order valence-corrected chi connectivity index (χ2v) is 10.6. The first kappa shape index (κ1) is 29.5. The van der Waals surface area contributed by atoms with E-state index in [4.69, 9.17) is 11.6 Å². The summed E-state index contributed by atoms with van der Waals surface area (Å²) in [6, 6.07) is 6.64. The molecule has 2 heteroatoms. The molecule has 0 heterocycles. The molecule has 0 saturated carbocycles. The first-order valence-electron chi connectivity index (χ1n) is 12.7. The van der Waals surface area contributed by atoms with Crippen LogP contribution in [0.5, 0.6) is 0 Å². The van der Waals surface area contributed by atoms with Crippen LogP contribution in [0, 0.1) is 6.92 Å². The molecule has 1 nitrogen and oxygen atoms in total. The van der Waals surface area contributed by atoms with Gasteiger partial charge in [0.15, 0.2) is 0 Å². The maximum atomic E-state index is 6.54. The summed E-state index contributed by atoms with van der Waals surface area (Å²) in [4.78, 5) is -0.269. The van der Waals surface area contributed by atoms with Gasteiger partial charge in [-0.25, -0.2) is 0 Å². The molecule has 0 radical (unpaired) electrons. The van der Waals surface area contributed by atoms with Crippen LogP contribution in [-0.4, -0.2) is 0 Å². The van der Waals surface area contributed by atoms with E-state index >= 15 is 0 Å². The van der Waals surface area contributed by atoms with Crippen molar-refractivity contribution in [2.45, 2.75) is 142 Å². The van der Waals surface area contributed by atoms with Crippen LogP contribution in [0.4, 0.5) is 0 Å². The minimum atomic E-state index is -0.269. The van der Waals surface area contributed by atoms with Crippen molar-refractivity contribution in [3.8, 4) is 0 Å². The average molecular weight is 438 g/mol. The number of unbranched alkanes of at least 4 members (excludes halogenated alkanes) is 15. The summed E-state index contributed by atoms with van der Waals surface area (Å²) in [6.45, 7) is 8.72. The van der Waals surface area contributed by atoms with E-state index in [0.29, 0.717) is 0 Å². The first-order valence-corrected chi connectivity index (χ1v) is 13.1. The fourth-order valence-electron chi connectivity index (χ4n) is 4.46. The predicted molar refractivity (Wildman–Crippen MR) is 138 cm³/mol. The maximum absolute atomic E-state index is 6.54. The van der Waals surface area contributed by atoms with Crippen LogP contribution in [0.1, 0.15) is 140 Å². The van der Waals surface area contributed by atoms with Crippen molar-refractivity contribution in [2.75, 3.05) is 0 Å². The van der Waals surface area contributed by atoms with E-state index in [0.717, 1.165) is 0 Å². The summed E-state index contributed by atoms with van der Waals surface area (Å²) in [5.41, 5.74) is 4.17. The summed E-state index contributed by atoms with van der Waals surface area (Å²) in [7, 11) is 0. The van der Waals surface area contributed by atoms with E-state index in [1.165, 1.54) is 126 Å². The van der Waals surface area contributed by atoms with Gasteiger partial charge < -0.3 is 6.15 Å². The number of benzene rings is 1. The largest absolute Gasteiger partial charge is 0.344 e. The van der Waals surface area contributed by atoms with E-state index < -0.39 is 0 Å². The number of halogens is 1. The third kappa shape index (κ3) is 13.7. The normalized spacial score (nSPS) is 11.5. The molecule has 30 heavy (non-hydrogen) atoms. The van der Waals surface area contributed by atoms with Gasteiger partial charge in [-0.3, -0.25) is 0 Å². The number of hydrogen-bond donors (Lipinski definition) is 1. The first-order chi connectivity index (χ1) is 14.0. The number of hydrogen-bond acceptors (Lipinski definition) is 1. The molecular formula is C28H52ClN. The smallest absolute Gasteiger partial charge is 0.0641 e. The van der Waals surface area contributed by atoms with E-state index in [1.807, 2.05) is 0 Å². The fraction of sp³-hybridized carbons (Fsp3) is 0.786. The molecular weight excluding hydrogens is 386 g/mol. The number of alkyl halides is 1. The summed E-state index contributed by atoms with van der Waals surface area (Å²) in [6.07, 6.45) is 24.1. The van der Waals surface area contributed by atoms with Crippen LogP contribution in [0.3, 0.4) is 0 Å². The zero-order valence-electron chi connectivity index (χ0n) is 20.8. The topological polar surface area (TPSA) is 35.0 Å². The lowest BCUT2D eigenvalue weighted by molar-refractivity contribution is 0.529. The summed E-state index contributed by atoms with van der Waals surface area (Å²) in [5, 5.41) is 0. The minimum Gasteiger partial charge on any atom is -0.344 e. The number of rotatable bonds is 18. The third-order valence-electron chi connectivity index (χ3n) is 6.39. The Morgan fingerprint density at radius 2 is 1.07 bits per heavy atom. The lowest BCUT2D eigenvalue weighted by Gasteiger charge is -2.21. The van der Waals surface area contributed by atoms with Gasteiger partial charge in [0.1, 0.15) is 0 Å². The van der Waals surface area contributed by atoms with Crippen molar-refractivity contribution in [3.05, 3.63) is 34.9 Å². The van der Waals surface area contributed by atoms with Gasteiger partial charge in [0.05, 0.1) is 4.87 Å². The second-order valence-electron chi connectivity index (χ2n) is 9.62. The summed E-state index contributed by atoms with van der Waals surface area (Å²) >= 11 is 6.54. The highest BCUT2D eigenvalue weighted by atomic mass is 35.5. The van der Waals surface area contributed by atoms with Crippen molar-refractivity contribution in [1.82, 2.24) is 6.15 Å². The van der Waals surface area contributed by atoms with Gasteiger partial charge in [-0.05, 0) is 50.3 Å². The Bertz CT molecular complexity index is 518. The lowest BCUT2D eigenvalue weighted by atomic mass is 9.91. The molecule has 0 spiro atoms. The zero-order chi connectivity index (χ0) is 21.4. The third-order valence-corrected chi connectivity index (χ3v) is 6.59. The molecule has 176 valence electrons. The van der Waals surface area contributed by atoms with Crippen LogP contribution in [-0.2, 0) is 11.3 Å². The van der Waals surface area contributed by atoms with Gasteiger partial charge in [0.25, 0.3) is 0 Å². The van der Waals surface area contributed by atoms with Crippen LogP contribution < -0.4 is 6.15 Å². The molecule has 0 saturated heterocycles. The summed E-state index contributed by atoms with van der Waals surface area (Å²) in [5.74, 6) is 0. The van der Waals surface area contributed by atoms with Crippen LogP contribution >= 0.6 is 11.6 Å². The molecule has 0 fully saturated rings. The SMILES string of the molecule is CCCCCCCCCCCCCCCCCCc1cccc(C(C)(C)Cl)c1C.N. The summed E-state index contributed by atoms with van der Waals surface area (Å²) < 4.78 is 0. The Morgan fingerprint density at radius 3 is 1.47 bits per heavy atom. The van der Waals surface area contributed by atoms with Crippen molar-refractivity contribution < 1.29 is 0 Å². The van der Waals surface area contributed by atoms with Gasteiger partial charge in [-0.15, -0.1) is 11.6 Å². The van der Waals surface area contributed by atoms with Crippen molar-refractivity contribution in [3.63, 3.8) is 0 Å². The molecule has 0 amide bonds. The Balaban J connectivity index is 0.00000841. The van der Waals surface area contributed by atoms with Gasteiger partial charge in [-0.2, -0.15) is 0 Å². The highest BCUT2D eigenvalue weighted by Crippen LogP contribution is 2.32. The van der Waals surface area contributed by atoms with Gasteiger partial charge in [-0.1, -0.05) is 121 Å². The Morgan fingerprint density at radius 1 is 0.667 bits per heavy atom. The molecule has 1 aromatic carbocycles. The molecule has 0 aliphatic rings. The Kier molecular flexibility index (Phi) is 17.8. The molecule has 1 aromatic rings. The highest BCUT2D eigenvalue weighted by Gasteiger charge is 2.19. The molecule has 0 atom stereocenters. The maximum Gasteiger partial charge on any atom is 0.0641 e. The van der Waals surface area contributed by atoms with E-state index in [-0.39, 0.29) is 11.0 Å². The van der Waals surface area contributed by atoms with Crippen molar-refractivity contribution >= 4 is 11.6 Å². The highest BCUT2D eigenvalue weighted by molar-refractivity contribution is 6.23. The van der Waals surface area contributed by atoms with Crippen molar-refractivity contribution in [2.24, 2.45) is 0 Å². The molecule has 3 N–H and O–H groups in total. The van der Waals surface area contributed by atoms with Gasteiger partial charge in [0, 0.05) is 0 Å². The number of aryl methyl sites for hydroxylation is 1. The van der Waals surface area contributed by atoms with Crippen LogP contribution in [0.25, 0.3) is 0 Å². The monoisotopic (exact) mass is 437 g/mol. The molecule has 0 bridgehead atoms. The average Bonchev–Trinajstić information content (AvgIpc) is 2.68. The molecule has 0 aromatic heterocycles. The quantitative estimate of drug-likeness (QED) is 0.180. The van der Waals surface area contributed by atoms with E-state index in [9.17, 15) is 0 Å². The van der Waals surface area contributed by atoms with Crippen LogP contribution in [0.2, 0.25) is 0 Å². The lowest BCUT2D eigenvalue weighted by Crippen LogP contribution is -2.11. The molecule has 0 aliphatic heterocycles. The minimum absolute atomic E-state index is 0. The zero-order valence-corrected chi connectivity index (χ0v) is 21.6. The standard InChI is InChI=1S/C28H49Cl.H3N/c1-5-6-7-8-9-10-11-12-13-14-15-16-17-18-19-20-22-26-23-21-24-27(25(26)2)28(3,4)29;/h21,23-24H,5-20,22H2,1-4H3;1H3. The Hall–Kier alpha value is -0.530. The fourth-order valence-corrected chi connectivity index (χ4v) is 4.67. The molecule has 1 rings (SSSR count). The second kappa shape index (κ2) is 18.1. The van der Waals surface area contributed by atoms with Crippen LogP contribution in [0.15, 0.2) is 18.2 Å². The van der Waals surface area contributed by atoms with Gasteiger partial charge in [0.2, 0.25) is 0 Å².